The van der Waals surface area contributed by atoms with Crippen LogP contribution in [0, 0.1) is 0 Å². The molecule has 0 atom stereocenters. The zero-order chi connectivity index (χ0) is 39.8. The standard InChI is InChI=1S/C58H39NO/c1-2-12-40(13-3-1)45-16-8-17-46(38-45)41-26-32-49(33-27-41)59(51-36-30-44(31-37-51)54-23-11-25-57-58(54)55-21-6-7-24-56(55)60-57)50-34-28-42(29-35-50)47-18-9-19-48(39-47)53-22-10-15-43-14-4-5-20-52(43)53/h1-39H. The summed E-state index contributed by atoms with van der Waals surface area (Å²) in [4.78, 5) is 2.35. The van der Waals surface area contributed by atoms with Crippen molar-refractivity contribution in [3.05, 3.63) is 237 Å². The molecule has 0 saturated heterocycles. The van der Waals surface area contributed by atoms with Crippen LogP contribution in [-0.4, -0.2) is 0 Å². The monoisotopic (exact) mass is 765 g/mol. The second kappa shape index (κ2) is 15.1. The first-order chi connectivity index (χ1) is 29.7. The molecular formula is C58H39NO. The molecule has 0 fully saturated rings. The summed E-state index contributed by atoms with van der Waals surface area (Å²) >= 11 is 0. The third kappa shape index (κ3) is 6.51. The van der Waals surface area contributed by atoms with Crippen LogP contribution in [0.2, 0.25) is 0 Å². The molecule has 282 valence electrons. The van der Waals surface area contributed by atoms with Crippen LogP contribution in [-0.2, 0) is 0 Å². The Morgan fingerprint density at radius 1 is 0.267 bits per heavy atom. The van der Waals surface area contributed by atoms with E-state index in [4.69, 9.17) is 4.42 Å². The van der Waals surface area contributed by atoms with Gasteiger partial charge in [-0.05, 0) is 127 Å². The minimum Gasteiger partial charge on any atom is -0.456 e. The highest BCUT2D eigenvalue weighted by atomic mass is 16.3. The molecule has 11 aromatic rings. The Kier molecular flexibility index (Phi) is 8.87. The maximum Gasteiger partial charge on any atom is 0.136 e. The summed E-state index contributed by atoms with van der Waals surface area (Å²) in [6, 6.07) is 84.8. The van der Waals surface area contributed by atoms with E-state index in [0.717, 1.165) is 50.1 Å². The van der Waals surface area contributed by atoms with Crippen LogP contribution >= 0.6 is 0 Å². The lowest BCUT2D eigenvalue weighted by Gasteiger charge is -2.26. The molecule has 11 rings (SSSR count). The molecule has 2 heteroatoms. The number of hydrogen-bond acceptors (Lipinski definition) is 2. The van der Waals surface area contributed by atoms with Gasteiger partial charge >= 0.3 is 0 Å². The Balaban J connectivity index is 0.966. The molecule has 0 N–H and O–H groups in total. The Morgan fingerprint density at radius 3 is 1.37 bits per heavy atom. The van der Waals surface area contributed by atoms with Gasteiger partial charge in [0.15, 0.2) is 0 Å². The summed E-state index contributed by atoms with van der Waals surface area (Å²) in [6.07, 6.45) is 0. The summed E-state index contributed by atoms with van der Waals surface area (Å²) in [5.41, 5.74) is 17.0. The zero-order valence-electron chi connectivity index (χ0n) is 32.9. The predicted octanol–water partition coefficient (Wildman–Crippen LogP) is 16.5. The molecule has 60 heavy (non-hydrogen) atoms. The van der Waals surface area contributed by atoms with Gasteiger partial charge in [-0.1, -0.05) is 176 Å². The number of furan rings is 1. The number of nitrogens with zero attached hydrogens (tertiary/aromatic N) is 1. The van der Waals surface area contributed by atoms with E-state index >= 15 is 0 Å². The summed E-state index contributed by atoms with van der Waals surface area (Å²) in [5.74, 6) is 0. The van der Waals surface area contributed by atoms with E-state index < -0.39 is 0 Å². The van der Waals surface area contributed by atoms with Crippen LogP contribution in [0.1, 0.15) is 0 Å². The molecule has 0 saturated carbocycles. The van der Waals surface area contributed by atoms with Gasteiger partial charge in [0, 0.05) is 27.8 Å². The number of rotatable bonds is 8. The van der Waals surface area contributed by atoms with Crippen molar-refractivity contribution in [2.24, 2.45) is 0 Å². The van der Waals surface area contributed by atoms with Crippen molar-refractivity contribution in [1.29, 1.82) is 0 Å². The quantitative estimate of drug-likeness (QED) is 0.153. The lowest BCUT2D eigenvalue weighted by atomic mass is 9.95. The lowest BCUT2D eigenvalue weighted by Crippen LogP contribution is -2.09. The van der Waals surface area contributed by atoms with Crippen LogP contribution in [0.15, 0.2) is 241 Å². The van der Waals surface area contributed by atoms with Crippen molar-refractivity contribution in [2.45, 2.75) is 0 Å². The van der Waals surface area contributed by atoms with Crippen molar-refractivity contribution in [3.8, 4) is 55.6 Å². The molecular weight excluding hydrogens is 727 g/mol. The van der Waals surface area contributed by atoms with Crippen LogP contribution in [0.5, 0.6) is 0 Å². The Bertz CT molecular complexity index is 3280. The molecule has 0 amide bonds. The highest BCUT2D eigenvalue weighted by molar-refractivity contribution is 6.12. The number of hydrogen-bond donors (Lipinski definition) is 0. The van der Waals surface area contributed by atoms with Crippen LogP contribution < -0.4 is 4.90 Å². The highest BCUT2D eigenvalue weighted by Gasteiger charge is 2.16. The predicted molar refractivity (Wildman–Crippen MR) is 253 cm³/mol. The third-order valence-electron chi connectivity index (χ3n) is 11.7. The summed E-state index contributed by atoms with van der Waals surface area (Å²) in [6.45, 7) is 0. The number of fused-ring (bicyclic) bond motifs is 4. The molecule has 0 spiro atoms. The fraction of sp³-hybridized carbons (Fsp3) is 0. The number of para-hydroxylation sites is 1. The van der Waals surface area contributed by atoms with Gasteiger partial charge in [-0.2, -0.15) is 0 Å². The molecule has 10 aromatic carbocycles. The van der Waals surface area contributed by atoms with Gasteiger partial charge in [0.05, 0.1) is 0 Å². The van der Waals surface area contributed by atoms with E-state index in [1.807, 2.05) is 12.1 Å². The third-order valence-corrected chi connectivity index (χ3v) is 11.7. The van der Waals surface area contributed by atoms with Crippen molar-refractivity contribution in [2.75, 3.05) is 4.90 Å². The topological polar surface area (TPSA) is 16.4 Å². The average Bonchev–Trinajstić information content (AvgIpc) is 3.72. The minimum atomic E-state index is 0.900. The van der Waals surface area contributed by atoms with Gasteiger partial charge < -0.3 is 9.32 Å². The van der Waals surface area contributed by atoms with Crippen LogP contribution in [0.3, 0.4) is 0 Å². The molecule has 0 aliphatic carbocycles. The fourth-order valence-electron chi connectivity index (χ4n) is 8.71. The summed E-state index contributed by atoms with van der Waals surface area (Å²) in [5, 5.41) is 4.79. The van der Waals surface area contributed by atoms with Crippen molar-refractivity contribution in [1.82, 2.24) is 0 Å². The molecule has 0 unspecified atom stereocenters. The first-order valence-corrected chi connectivity index (χ1v) is 20.5. The maximum atomic E-state index is 6.24. The zero-order valence-corrected chi connectivity index (χ0v) is 32.9. The van der Waals surface area contributed by atoms with E-state index in [0.29, 0.717) is 0 Å². The highest BCUT2D eigenvalue weighted by Crippen LogP contribution is 2.41. The van der Waals surface area contributed by atoms with Gasteiger partial charge in [-0.25, -0.2) is 0 Å². The van der Waals surface area contributed by atoms with Crippen molar-refractivity contribution >= 4 is 49.8 Å². The maximum absolute atomic E-state index is 6.24. The van der Waals surface area contributed by atoms with E-state index in [1.54, 1.807) is 0 Å². The SMILES string of the molecule is c1ccc(-c2cccc(-c3ccc(N(c4ccc(-c5cccc(-c6cccc7ccccc67)c5)cc4)c4ccc(-c5cccc6oc7ccccc7c56)cc4)cc3)c2)cc1. The van der Waals surface area contributed by atoms with E-state index in [-0.39, 0.29) is 0 Å². The van der Waals surface area contributed by atoms with Crippen LogP contribution in [0.4, 0.5) is 17.1 Å². The number of anilines is 3. The first-order valence-electron chi connectivity index (χ1n) is 20.5. The van der Waals surface area contributed by atoms with Crippen LogP contribution in [0.25, 0.3) is 88.3 Å². The second-order valence-electron chi connectivity index (χ2n) is 15.3. The Morgan fingerprint density at radius 2 is 0.700 bits per heavy atom. The smallest absolute Gasteiger partial charge is 0.136 e. The molecule has 1 aromatic heterocycles. The molecule has 2 nitrogen and oxygen atoms in total. The minimum absolute atomic E-state index is 0.900. The molecule has 0 bridgehead atoms. The summed E-state index contributed by atoms with van der Waals surface area (Å²) in [7, 11) is 0. The second-order valence-corrected chi connectivity index (χ2v) is 15.3. The van der Waals surface area contributed by atoms with E-state index in [9.17, 15) is 0 Å². The molecule has 1 heterocycles. The van der Waals surface area contributed by atoms with E-state index in [2.05, 4.69) is 229 Å². The summed E-state index contributed by atoms with van der Waals surface area (Å²) < 4.78 is 6.24. The van der Waals surface area contributed by atoms with Gasteiger partial charge in [0.2, 0.25) is 0 Å². The molecule has 0 aliphatic rings. The first kappa shape index (κ1) is 35.2. The Hall–Kier alpha value is -7.94. The normalized spacial score (nSPS) is 11.3. The van der Waals surface area contributed by atoms with E-state index in [1.165, 1.54) is 55.3 Å². The lowest BCUT2D eigenvalue weighted by molar-refractivity contribution is 0.669. The largest absolute Gasteiger partial charge is 0.456 e. The van der Waals surface area contributed by atoms with Gasteiger partial charge in [-0.15, -0.1) is 0 Å². The molecule has 0 aliphatic heterocycles. The Labute approximate surface area is 349 Å². The van der Waals surface area contributed by atoms with Gasteiger partial charge in [0.1, 0.15) is 11.2 Å². The van der Waals surface area contributed by atoms with Crippen molar-refractivity contribution in [3.63, 3.8) is 0 Å². The van der Waals surface area contributed by atoms with Crippen molar-refractivity contribution < 1.29 is 4.42 Å². The number of benzene rings is 10. The molecule has 0 radical (unpaired) electrons. The fourth-order valence-corrected chi connectivity index (χ4v) is 8.71. The van der Waals surface area contributed by atoms with Gasteiger partial charge in [0.25, 0.3) is 0 Å². The average molecular weight is 766 g/mol. The van der Waals surface area contributed by atoms with Gasteiger partial charge in [-0.3, -0.25) is 0 Å².